The molecule has 1 saturated heterocycles. The zero-order chi connectivity index (χ0) is 17.9. The average Bonchev–Trinajstić information content (AvgIpc) is 2.99. The van der Waals surface area contributed by atoms with E-state index in [1.54, 1.807) is 0 Å². The second-order valence-corrected chi connectivity index (χ2v) is 7.69. The first kappa shape index (κ1) is 17.5. The highest BCUT2D eigenvalue weighted by molar-refractivity contribution is 5.26. The van der Waals surface area contributed by atoms with Gasteiger partial charge in [-0.25, -0.2) is 0 Å². The molecule has 0 unspecified atom stereocenters. The van der Waals surface area contributed by atoms with Crippen LogP contribution in [0.2, 0.25) is 0 Å². The Morgan fingerprint density at radius 3 is 2.73 bits per heavy atom. The minimum atomic E-state index is 0.591. The fourth-order valence-corrected chi connectivity index (χ4v) is 4.01. The largest absolute Gasteiger partial charge is 0.476 e. The van der Waals surface area contributed by atoms with Crippen LogP contribution in [-0.2, 0) is 19.4 Å². The number of aryl methyl sites for hydroxylation is 4. The first-order chi connectivity index (χ1) is 12.7. The smallest absolute Gasteiger partial charge is 0.233 e. The zero-order valence-electron chi connectivity index (χ0n) is 15.8. The number of nitrogens with zero attached hydrogens (tertiary/aromatic N) is 4. The Labute approximate surface area is 154 Å². The Kier molecular flexibility index (Phi) is 5.20. The Balaban J connectivity index is 1.25. The van der Waals surface area contributed by atoms with E-state index >= 15 is 0 Å². The highest BCUT2D eigenvalue weighted by Crippen LogP contribution is 2.24. The van der Waals surface area contributed by atoms with E-state index in [1.807, 2.05) is 13.8 Å². The second-order valence-electron chi connectivity index (χ2n) is 7.69. The molecule has 6 heteroatoms. The lowest BCUT2D eigenvalue weighted by Crippen LogP contribution is -2.35. The summed E-state index contributed by atoms with van der Waals surface area (Å²) in [5, 5.41) is 12.7. The van der Waals surface area contributed by atoms with Crippen molar-refractivity contribution in [1.82, 2.24) is 20.3 Å². The predicted octanol–water partition coefficient (Wildman–Crippen LogP) is 3.25. The van der Waals surface area contributed by atoms with Gasteiger partial charge >= 0.3 is 0 Å². The van der Waals surface area contributed by atoms with Crippen molar-refractivity contribution in [3.05, 3.63) is 34.3 Å². The van der Waals surface area contributed by atoms with E-state index < -0.39 is 0 Å². The summed E-state index contributed by atoms with van der Waals surface area (Å²) in [7, 11) is 0. The van der Waals surface area contributed by atoms with E-state index in [-0.39, 0.29) is 0 Å². The molecule has 140 valence electrons. The lowest BCUT2D eigenvalue weighted by Gasteiger charge is -2.31. The molecule has 2 aromatic rings. The van der Waals surface area contributed by atoms with Crippen LogP contribution in [0.4, 0.5) is 0 Å². The van der Waals surface area contributed by atoms with Gasteiger partial charge in [-0.05, 0) is 76.9 Å². The predicted molar refractivity (Wildman–Crippen MR) is 98.1 cm³/mol. The minimum absolute atomic E-state index is 0.591. The zero-order valence-corrected chi connectivity index (χ0v) is 15.8. The lowest BCUT2D eigenvalue weighted by molar-refractivity contribution is 0.133. The van der Waals surface area contributed by atoms with Gasteiger partial charge in [0.1, 0.15) is 5.76 Å². The summed E-state index contributed by atoms with van der Waals surface area (Å²) < 4.78 is 11.2. The Morgan fingerprint density at radius 2 is 1.96 bits per heavy atom. The highest BCUT2D eigenvalue weighted by atomic mass is 16.5. The van der Waals surface area contributed by atoms with Gasteiger partial charge in [0.25, 0.3) is 0 Å². The fourth-order valence-electron chi connectivity index (χ4n) is 4.01. The molecule has 3 heterocycles. The van der Waals surface area contributed by atoms with Crippen LogP contribution in [0, 0.1) is 19.8 Å². The number of aromatic nitrogens is 3. The van der Waals surface area contributed by atoms with Crippen molar-refractivity contribution in [3.63, 3.8) is 0 Å². The van der Waals surface area contributed by atoms with E-state index in [1.165, 1.54) is 24.0 Å². The molecule has 0 bridgehead atoms. The monoisotopic (exact) mass is 356 g/mol. The average molecular weight is 356 g/mol. The Hall–Kier alpha value is -1.95. The number of hydrogen-bond acceptors (Lipinski definition) is 6. The van der Waals surface area contributed by atoms with Gasteiger partial charge in [-0.3, -0.25) is 4.90 Å². The van der Waals surface area contributed by atoms with Crippen molar-refractivity contribution in [2.45, 2.75) is 58.9 Å². The van der Waals surface area contributed by atoms with Crippen molar-refractivity contribution in [3.8, 4) is 5.88 Å². The van der Waals surface area contributed by atoms with Crippen LogP contribution in [0.1, 0.15) is 54.0 Å². The molecule has 0 aromatic carbocycles. The normalized spacial score (nSPS) is 18.7. The Bertz CT molecular complexity index is 731. The number of hydrogen-bond donors (Lipinski definition) is 0. The van der Waals surface area contributed by atoms with Gasteiger partial charge in [-0.15, -0.1) is 5.10 Å². The van der Waals surface area contributed by atoms with Crippen LogP contribution >= 0.6 is 0 Å². The molecule has 1 fully saturated rings. The molecule has 1 aliphatic heterocycles. The summed E-state index contributed by atoms with van der Waals surface area (Å²) in [6.45, 7) is 7.88. The van der Waals surface area contributed by atoms with Gasteiger partial charge in [0.15, 0.2) is 0 Å². The van der Waals surface area contributed by atoms with Crippen molar-refractivity contribution in [1.29, 1.82) is 0 Å². The van der Waals surface area contributed by atoms with Crippen LogP contribution in [0.25, 0.3) is 0 Å². The molecule has 0 N–H and O–H groups in total. The molecule has 2 aromatic heterocycles. The lowest BCUT2D eigenvalue weighted by atomic mass is 9.96. The molecule has 4 rings (SSSR count). The molecule has 6 nitrogen and oxygen atoms in total. The summed E-state index contributed by atoms with van der Waals surface area (Å²) in [4.78, 5) is 2.49. The van der Waals surface area contributed by atoms with Crippen molar-refractivity contribution in [2.75, 3.05) is 19.7 Å². The summed E-state index contributed by atoms with van der Waals surface area (Å²) in [6, 6.07) is 2.11. The maximum atomic E-state index is 5.97. The maximum absolute atomic E-state index is 5.97. The van der Waals surface area contributed by atoms with Crippen molar-refractivity contribution < 1.29 is 9.26 Å². The molecular formula is C20H28N4O2. The molecule has 0 radical (unpaired) electrons. The van der Waals surface area contributed by atoms with E-state index in [2.05, 4.69) is 26.3 Å². The quantitative estimate of drug-likeness (QED) is 0.819. The Morgan fingerprint density at radius 1 is 1.15 bits per heavy atom. The van der Waals surface area contributed by atoms with E-state index in [0.29, 0.717) is 11.8 Å². The van der Waals surface area contributed by atoms with Crippen LogP contribution in [0.15, 0.2) is 10.6 Å². The molecular weight excluding hydrogens is 328 g/mol. The number of ether oxygens (including phenoxy) is 1. The van der Waals surface area contributed by atoms with Gasteiger partial charge < -0.3 is 9.26 Å². The molecule has 2 aliphatic rings. The fraction of sp³-hybridized carbons (Fsp3) is 0.650. The van der Waals surface area contributed by atoms with Crippen LogP contribution in [-0.4, -0.2) is 40.0 Å². The third kappa shape index (κ3) is 3.90. The van der Waals surface area contributed by atoms with Crippen LogP contribution in [0.5, 0.6) is 5.88 Å². The topological polar surface area (TPSA) is 64.3 Å². The molecule has 0 saturated carbocycles. The van der Waals surface area contributed by atoms with Crippen LogP contribution in [0.3, 0.4) is 0 Å². The maximum Gasteiger partial charge on any atom is 0.233 e. The van der Waals surface area contributed by atoms with Gasteiger partial charge in [0.2, 0.25) is 5.88 Å². The molecule has 0 atom stereocenters. The third-order valence-electron chi connectivity index (χ3n) is 5.78. The standard InChI is InChI=1S/C20H28N4O2/c1-14-18(15(2)26-23-14)12-24-9-7-16(8-10-24)13-25-20-11-17-5-3-4-6-19(17)21-22-20/h11,16H,3-10,12-13H2,1-2H3. The first-order valence-corrected chi connectivity index (χ1v) is 9.81. The van der Waals surface area contributed by atoms with Gasteiger partial charge in [-0.1, -0.05) is 5.16 Å². The summed E-state index contributed by atoms with van der Waals surface area (Å²) >= 11 is 0. The van der Waals surface area contributed by atoms with Crippen molar-refractivity contribution in [2.24, 2.45) is 5.92 Å². The number of piperidine rings is 1. The SMILES string of the molecule is Cc1noc(C)c1CN1CCC(COc2cc3c(nn2)CCCC3)CC1. The second kappa shape index (κ2) is 7.74. The van der Waals surface area contributed by atoms with Crippen LogP contribution < -0.4 is 4.74 Å². The molecule has 0 spiro atoms. The molecule has 1 aliphatic carbocycles. The van der Waals surface area contributed by atoms with Gasteiger partial charge in [-0.2, -0.15) is 5.10 Å². The molecule has 0 amide bonds. The van der Waals surface area contributed by atoms with Gasteiger partial charge in [0, 0.05) is 18.2 Å². The number of rotatable bonds is 5. The van der Waals surface area contributed by atoms with E-state index in [0.717, 1.165) is 69.1 Å². The van der Waals surface area contributed by atoms with Crippen molar-refractivity contribution >= 4 is 0 Å². The highest BCUT2D eigenvalue weighted by Gasteiger charge is 2.22. The molecule has 26 heavy (non-hydrogen) atoms. The minimum Gasteiger partial charge on any atom is -0.476 e. The third-order valence-corrected chi connectivity index (χ3v) is 5.78. The number of fused-ring (bicyclic) bond motifs is 1. The summed E-state index contributed by atoms with van der Waals surface area (Å²) in [5.41, 5.74) is 4.75. The summed E-state index contributed by atoms with van der Waals surface area (Å²) in [6.07, 6.45) is 6.97. The van der Waals surface area contributed by atoms with E-state index in [4.69, 9.17) is 9.26 Å². The van der Waals surface area contributed by atoms with Gasteiger partial charge in [0.05, 0.1) is 18.0 Å². The number of likely N-dealkylation sites (tertiary alicyclic amines) is 1. The summed E-state index contributed by atoms with van der Waals surface area (Å²) in [5.74, 6) is 2.23. The van der Waals surface area contributed by atoms with E-state index in [9.17, 15) is 0 Å². The first-order valence-electron chi connectivity index (χ1n) is 9.81.